The molecule has 0 saturated heterocycles. The van der Waals surface area contributed by atoms with Crippen LogP contribution >= 0.6 is 35.0 Å². The first-order valence-electron chi connectivity index (χ1n) is 8.95. The van der Waals surface area contributed by atoms with E-state index in [2.05, 4.69) is 25.5 Å². The number of halogens is 3. The van der Waals surface area contributed by atoms with Crippen molar-refractivity contribution in [1.29, 1.82) is 0 Å². The van der Waals surface area contributed by atoms with Crippen molar-refractivity contribution in [2.24, 2.45) is 0 Å². The van der Waals surface area contributed by atoms with Crippen molar-refractivity contribution in [2.75, 3.05) is 11.9 Å². The summed E-state index contributed by atoms with van der Waals surface area (Å²) in [5.74, 6) is 0.945. The summed E-state index contributed by atoms with van der Waals surface area (Å²) in [7, 11) is 0. The monoisotopic (exact) mass is 462 g/mol. The van der Waals surface area contributed by atoms with Crippen molar-refractivity contribution in [1.82, 2.24) is 24.6 Å². The maximum Gasteiger partial charge on any atom is 0.204 e. The van der Waals surface area contributed by atoms with E-state index in [9.17, 15) is 4.39 Å². The van der Waals surface area contributed by atoms with Crippen LogP contribution in [0, 0.1) is 5.82 Å². The predicted octanol–water partition coefficient (Wildman–Crippen LogP) is 4.66. The first-order chi connectivity index (χ1) is 14.6. The lowest BCUT2D eigenvalue weighted by Crippen LogP contribution is -2.08. The summed E-state index contributed by atoms with van der Waals surface area (Å²) in [5.41, 5.74) is 1.97. The highest BCUT2D eigenvalue weighted by Crippen LogP contribution is 2.36. The molecule has 3 aromatic heterocycles. The number of benzene rings is 1. The van der Waals surface area contributed by atoms with E-state index in [1.807, 2.05) is 0 Å². The number of rotatable bonds is 5. The van der Waals surface area contributed by atoms with Crippen LogP contribution in [-0.2, 0) is 13.0 Å². The minimum absolute atomic E-state index is 0.231. The SMILES string of the molecule is Fc1ccc2c(c1CNc1ncc(Sc3ccnc(Cl)c3Cl)n3cnnc13)CCO2. The Labute approximate surface area is 184 Å². The normalized spacial score (nSPS) is 12.8. The second kappa shape index (κ2) is 7.90. The van der Waals surface area contributed by atoms with Gasteiger partial charge in [0.1, 0.15) is 28.1 Å². The Morgan fingerprint density at radius 1 is 1.23 bits per heavy atom. The van der Waals surface area contributed by atoms with Gasteiger partial charge in [-0.1, -0.05) is 35.0 Å². The van der Waals surface area contributed by atoms with Crippen LogP contribution in [0.3, 0.4) is 0 Å². The molecule has 7 nitrogen and oxygen atoms in total. The van der Waals surface area contributed by atoms with Crippen LogP contribution in [0.5, 0.6) is 5.75 Å². The summed E-state index contributed by atoms with van der Waals surface area (Å²) < 4.78 is 21.7. The van der Waals surface area contributed by atoms with Crippen LogP contribution in [0.4, 0.5) is 10.2 Å². The Hall–Kier alpha value is -2.62. The van der Waals surface area contributed by atoms with Gasteiger partial charge in [0, 0.05) is 35.2 Å². The van der Waals surface area contributed by atoms with Gasteiger partial charge in [0.2, 0.25) is 5.65 Å². The van der Waals surface area contributed by atoms with Gasteiger partial charge in [0.05, 0.1) is 17.8 Å². The van der Waals surface area contributed by atoms with Gasteiger partial charge in [-0.2, -0.15) is 0 Å². The quantitative estimate of drug-likeness (QED) is 0.432. The number of hydrogen-bond acceptors (Lipinski definition) is 7. The Morgan fingerprint density at radius 3 is 3.03 bits per heavy atom. The molecule has 5 rings (SSSR count). The molecule has 11 heteroatoms. The highest BCUT2D eigenvalue weighted by atomic mass is 35.5. The van der Waals surface area contributed by atoms with Crippen molar-refractivity contribution in [3.8, 4) is 5.75 Å². The summed E-state index contributed by atoms with van der Waals surface area (Å²) in [5, 5.41) is 12.7. The third-order valence-electron chi connectivity index (χ3n) is 4.70. The zero-order valence-corrected chi connectivity index (χ0v) is 17.6. The molecule has 0 unspecified atom stereocenters. The minimum Gasteiger partial charge on any atom is -0.493 e. The topological polar surface area (TPSA) is 77.2 Å². The summed E-state index contributed by atoms with van der Waals surface area (Å²) in [6.07, 6.45) is 5.52. The Bertz CT molecular complexity index is 1270. The molecule has 1 aromatic carbocycles. The van der Waals surface area contributed by atoms with Crippen molar-refractivity contribution in [3.63, 3.8) is 0 Å². The predicted molar refractivity (Wildman–Crippen MR) is 112 cm³/mol. The van der Waals surface area contributed by atoms with Crippen molar-refractivity contribution >= 4 is 46.4 Å². The number of anilines is 1. The van der Waals surface area contributed by atoms with Crippen molar-refractivity contribution < 1.29 is 9.13 Å². The van der Waals surface area contributed by atoms with Gasteiger partial charge in [-0.3, -0.25) is 4.40 Å². The van der Waals surface area contributed by atoms with Crippen LogP contribution in [0.25, 0.3) is 5.65 Å². The molecule has 30 heavy (non-hydrogen) atoms. The van der Waals surface area contributed by atoms with Crippen molar-refractivity contribution in [2.45, 2.75) is 22.9 Å². The first kappa shape index (κ1) is 19.3. The van der Waals surface area contributed by atoms with Crippen molar-refractivity contribution in [3.05, 3.63) is 64.0 Å². The van der Waals surface area contributed by atoms with Crippen LogP contribution in [-0.4, -0.2) is 31.2 Å². The number of pyridine rings is 1. The molecule has 4 heterocycles. The van der Waals surface area contributed by atoms with Gasteiger partial charge < -0.3 is 10.1 Å². The van der Waals surface area contributed by atoms with Gasteiger partial charge in [-0.25, -0.2) is 14.4 Å². The maximum atomic E-state index is 14.4. The fourth-order valence-corrected chi connectivity index (χ4v) is 4.59. The molecule has 0 amide bonds. The largest absolute Gasteiger partial charge is 0.493 e. The number of hydrogen-bond donors (Lipinski definition) is 1. The number of fused-ring (bicyclic) bond motifs is 2. The molecule has 0 bridgehead atoms. The summed E-state index contributed by atoms with van der Waals surface area (Å²) >= 11 is 13.6. The molecule has 0 atom stereocenters. The van der Waals surface area contributed by atoms with E-state index in [0.29, 0.717) is 35.1 Å². The molecule has 1 aliphatic heterocycles. The van der Waals surface area contributed by atoms with Gasteiger partial charge in [-0.15, -0.1) is 10.2 Å². The second-order valence-corrected chi connectivity index (χ2v) is 8.24. The third kappa shape index (κ3) is 3.42. The molecule has 0 spiro atoms. The molecule has 0 radical (unpaired) electrons. The molecule has 1 N–H and O–H groups in total. The lowest BCUT2D eigenvalue weighted by atomic mass is 10.0. The van der Waals surface area contributed by atoms with E-state index in [-0.39, 0.29) is 17.5 Å². The van der Waals surface area contributed by atoms with Crippen LogP contribution in [0.1, 0.15) is 11.1 Å². The van der Waals surface area contributed by atoms with Gasteiger partial charge in [0.25, 0.3) is 0 Å². The van der Waals surface area contributed by atoms with E-state index in [0.717, 1.165) is 21.2 Å². The van der Waals surface area contributed by atoms with E-state index >= 15 is 0 Å². The van der Waals surface area contributed by atoms with Crippen LogP contribution in [0.15, 0.2) is 46.8 Å². The Kier molecular flexibility index (Phi) is 5.10. The smallest absolute Gasteiger partial charge is 0.204 e. The van der Waals surface area contributed by atoms with E-state index in [4.69, 9.17) is 27.9 Å². The van der Waals surface area contributed by atoms with E-state index in [1.54, 1.807) is 35.3 Å². The number of ether oxygens (including phenoxy) is 1. The minimum atomic E-state index is -0.277. The molecule has 152 valence electrons. The summed E-state index contributed by atoms with van der Waals surface area (Å²) in [6.45, 7) is 0.818. The lowest BCUT2D eigenvalue weighted by Gasteiger charge is -2.12. The maximum absolute atomic E-state index is 14.4. The fraction of sp³-hybridized carbons (Fsp3) is 0.158. The lowest BCUT2D eigenvalue weighted by molar-refractivity contribution is 0.356. The van der Waals surface area contributed by atoms with Gasteiger partial charge >= 0.3 is 0 Å². The van der Waals surface area contributed by atoms with Crippen LogP contribution in [0.2, 0.25) is 10.2 Å². The van der Waals surface area contributed by atoms with Gasteiger partial charge in [0.15, 0.2) is 5.82 Å². The number of aromatic nitrogens is 5. The molecule has 0 saturated carbocycles. The standard InChI is InChI=1S/C19H13Cl2FN6OS/c20-16-14(3-5-23-17(16)21)30-15-8-25-18(19-27-26-9-28(15)19)24-7-11-10-4-6-29-13(10)2-1-12(11)22/h1-3,5,8-9H,4,6-7H2,(H,24,25). The molecular weight excluding hydrogens is 450 g/mol. The second-order valence-electron chi connectivity index (χ2n) is 6.44. The summed E-state index contributed by atoms with van der Waals surface area (Å²) in [6, 6.07) is 4.85. The average molecular weight is 463 g/mol. The Morgan fingerprint density at radius 2 is 2.13 bits per heavy atom. The van der Waals surface area contributed by atoms with E-state index < -0.39 is 0 Å². The molecule has 0 aliphatic carbocycles. The average Bonchev–Trinajstić information content (AvgIpc) is 3.41. The molecule has 4 aromatic rings. The number of nitrogens with zero attached hydrogens (tertiary/aromatic N) is 5. The molecular formula is C19H13Cl2FN6OS. The molecule has 1 aliphatic rings. The zero-order valence-electron chi connectivity index (χ0n) is 15.3. The highest BCUT2D eigenvalue weighted by molar-refractivity contribution is 7.99. The first-order valence-corrected chi connectivity index (χ1v) is 10.5. The van der Waals surface area contributed by atoms with Gasteiger partial charge in [-0.05, 0) is 18.2 Å². The fourth-order valence-electron chi connectivity index (χ4n) is 3.27. The zero-order chi connectivity index (χ0) is 20.7. The van der Waals surface area contributed by atoms with E-state index in [1.165, 1.54) is 17.8 Å². The highest BCUT2D eigenvalue weighted by Gasteiger charge is 2.20. The molecule has 0 fully saturated rings. The third-order valence-corrected chi connectivity index (χ3v) is 6.65. The number of nitrogens with one attached hydrogen (secondary N) is 1. The van der Waals surface area contributed by atoms with Crippen LogP contribution < -0.4 is 10.1 Å². The Balaban J connectivity index is 1.44. The summed E-state index contributed by atoms with van der Waals surface area (Å²) in [4.78, 5) is 9.15.